The topological polar surface area (TPSA) is 27.0 Å². The fourth-order valence-corrected chi connectivity index (χ4v) is 1.37. The van der Waals surface area contributed by atoms with E-state index in [9.17, 15) is 0 Å². The maximum absolute atomic E-state index is 8.68. The van der Waals surface area contributed by atoms with Crippen LogP contribution < -0.4 is 0 Å². The van der Waals surface area contributed by atoms with Crippen molar-refractivity contribution in [1.82, 2.24) is 4.90 Å². The van der Waals surface area contributed by atoms with Crippen molar-refractivity contribution in [2.24, 2.45) is 11.8 Å². The summed E-state index contributed by atoms with van der Waals surface area (Å²) in [6.07, 6.45) is 0. The largest absolute Gasteiger partial charge is 0.302 e. The molecule has 0 saturated heterocycles. The van der Waals surface area contributed by atoms with Crippen molar-refractivity contribution < 1.29 is 0 Å². The first-order valence-corrected chi connectivity index (χ1v) is 5.50. The quantitative estimate of drug-likeness (QED) is 0.664. The van der Waals surface area contributed by atoms with E-state index in [1.54, 1.807) is 0 Å². The number of thiol groups is 1. The van der Waals surface area contributed by atoms with Crippen molar-refractivity contribution in [2.75, 3.05) is 25.4 Å². The van der Waals surface area contributed by atoms with Gasteiger partial charge in [0.1, 0.15) is 0 Å². The Morgan fingerprint density at radius 3 is 2.38 bits per heavy atom. The van der Waals surface area contributed by atoms with E-state index in [1.807, 2.05) is 6.92 Å². The molecule has 0 aliphatic rings. The molecule has 0 bridgehead atoms. The second kappa shape index (κ2) is 7.23. The number of nitrogens with zero attached hydrogens (tertiary/aromatic N) is 2. The van der Waals surface area contributed by atoms with Crippen LogP contribution in [0.15, 0.2) is 0 Å². The second-order valence-electron chi connectivity index (χ2n) is 3.67. The van der Waals surface area contributed by atoms with E-state index in [2.05, 4.69) is 37.4 Å². The maximum atomic E-state index is 8.68. The molecule has 2 nitrogen and oxygen atoms in total. The molecule has 0 aliphatic heterocycles. The first kappa shape index (κ1) is 12.8. The lowest BCUT2D eigenvalue weighted by Crippen LogP contribution is -2.32. The van der Waals surface area contributed by atoms with Crippen molar-refractivity contribution in [3.05, 3.63) is 0 Å². The van der Waals surface area contributed by atoms with E-state index in [0.717, 1.165) is 25.4 Å². The summed E-state index contributed by atoms with van der Waals surface area (Å²) in [6, 6.07) is 2.26. The Morgan fingerprint density at radius 1 is 1.38 bits per heavy atom. The van der Waals surface area contributed by atoms with E-state index in [1.165, 1.54) is 0 Å². The van der Waals surface area contributed by atoms with Crippen LogP contribution in [-0.4, -0.2) is 30.3 Å². The predicted molar refractivity (Wildman–Crippen MR) is 59.9 cm³/mol. The van der Waals surface area contributed by atoms with Crippen molar-refractivity contribution in [1.29, 1.82) is 5.26 Å². The molecule has 2 unspecified atom stereocenters. The Labute approximate surface area is 87.3 Å². The normalized spacial score (nSPS) is 15.4. The fraction of sp³-hybridized carbons (Fsp3) is 0.900. The molecule has 0 heterocycles. The molecule has 0 fully saturated rings. The van der Waals surface area contributed by atoms with Crippen LogP contribution in [0.4, 0.5) is 0 Å². The Morgan fingerprint density at radius 2 is 2.00 bits per heavy atom. The van der Waals surface area contributed by atoms with Gasteiger partial charge in [0.25, 0.3) is 0 Å². The highest BCUT2D eigenvalue weighted by Crippen LogP contribution is 2.04. The zero-order valence-corrected chi connectivity index (χ0v) is 9.72. The van der Waals surface area contributed by atoms with Gasteiger partial charge in [0.15, 0.2) is 0 Å². The number of hydrogen-bond acceptors (Lipinski definition) is 3. The average Bonchev–Trinajstić information content (AvgIpc) is 2.16. The summed E-state index contributed by atoms with van der Waals surface area (Å²) in [7, 11) is 0. The molecule has 0 aromatic heterocycles. The summed E-state index contributed by atoms with van der Waals surface area (Å²) >= 11 is 4.25. The summed E-state index contributed by atoms with van der Waals surface area (Å²) in [5.74, 6) is 1.65. The highest BCUT2D eigenvalue weighted by atomic mass is 32.1. The Bertz CT molecular complexity index is 165. The van der Waals surface area contributed by atoms with E-state index in [4.69, 9.17) is 5.26 Å². The molecule has 2 atom stereocenters. The first-order valence-electron chi connectivity index (χ1n) is 4.86. The summed E-state index contributed by atoms with van der Waals surface area (Å²) in [5, 5.41) is 8.68. The lowest BCUT2D eigenvalue weighted by molar-refractivity contribution is 0.242. The molecule has 76 valence electrons. The van der Waals surface area contributed by atoms with E-state index in [-0.39, 0.29) is 5.92 Å². The fourth-order valence-electron chi connectivity index (χ4n) is 1.26. The predicted octanol–water partition coefficient (Wildman–Crippen LogP) is 2.03. The minimum atomic E-state index is 0.132. The molecule has 0 rings (SSSR count). The lowest BCUT2D eigenvalue weighted by Gasteiger charge is -2.24. The summed E-state index contributed by atoms with van der Waals surface area (Å²) < 4.78 is 0. The molecule has 0 aromatic rings. The maximum Gasteiger partial charge on any atom is 0.0666 e. The van der Waals surface area contributed by atoms with Crippen LogP contribution in [0.2, 0.25) is 0 Å². The summed E-state index contributed by atoms with van der Waals surface area (Å²) in [5.41, 5.74) is 0. The van der Waals surface area contributed by atoms with Gasteiger partial charge in [-0.25, -0.2) is 0 Å². The van der Waals surface area contributed by atoms with Crippen LogP contribution in [0, 0.1) is 23.2 Å². The molecule has 0 saturated carbocycles. The lowest BCUT2D eigenvalue weighted by atomic mass is 10.1. The van der Waals surface area contributed by atoms with E-state index < -0.39 is 0 Å². The molecule has 0 aliphatic carbocycles. The van der Waals surface area contributed by atoms with Gasteiger partial charge in [0.05, 0.1) is 12.0 Å². The van der Waals surface area contributed by atoms with E-state index in [0.29, 0.717) is 5.92 Å². The average molecular weight is 200 g/mol. The third-order valence-electron chi connectivity index (χ3n) is 2.08. The van der Waals surface area contributed by atoms with Crippen molar-refractivity contribution in [3.8, 4) is 6.07 Å². The van der Waals surface area contributed by atoms with Gasteiger partial charge in [-0.05, 0) is 25.1 Å². The Hall–Kier alpha value is -0.200. The molecule has 0 spiro atoms. The SMILES string of the molecule is CCN(CC(C)C#N)CC(C)CS. The van der Waals surface area contributed by atoms with E-state index >= 15 is 0 Å². The van der Waals surface area contributed by atoms with Gasteiger partial charge in [0.2, 0.25) is 0 Å². The van der Waals surface area contributed by atoms with Crippen LogP contribution in [0.5, 0.6) is 0 Å². The summed E-state index contributed by atoms with van der Waals surface area (Å²) in [6.45, 7) is 9.23. The van der Waals surface area contributed by atoms with Gasteiger partial charge in [-0.15, -0.1) is 0 Å². The third kappa shape index (κ3) is 5.95. The Kier molecular flexibility index (Phi) is 7.12. The third-order valence-corrected chi connectivity index (χ3v) is 2.70. The van der Waals surface area contributed by atoms with Gasteiger partial charge >= 0.3 is 0 Å². The van der Waals surface area contributed by atoms with Crippen LogP contribution in [0.1, 0.15) is 20.8 Å². The van der Waals surface area contributed by atoms with Crippen molar-refractivity contribution in [2.45, 2.75) is 20.8 Å². The first-order chi connectivity index (χ1) is 6.13. The zero-order chi connectivity index (χ0) is 10.3. The number of rotatable bonds is 6. The van der Waals surface area contributed by atoms with Gasteiger partial charge in [-0.1, -0.05) is 13.8 Å². The molecular formula is C10H20N2S. The van der Waals surface area contributed by atoms with Crippen LogP contribution in [0.25, 0.3) is 0 Å². The molecule has 0 radical (unpaired) electrons. The standard InChI is InChI=1S/C10H20N2S/c1-4-12(6-9(2)5-11)7-10(3)8-13/h9-10,13H,4,6-8H2,1-3H3. The molecule has 0 N–H and O–H groups in total. The monoisotopic (exact) mass is 200 g/mol. The van der Waals surface area contributed by atoms with Gasteiger partial charge in [0, 0.05) is 13.1 Å². The molecule has 13 heavy (non-hydrogen) atoms. The highest BCUT2D eigenvalue weighted by molar-refractivity contribution is 7.80. The molecular weight excluding hydrogens is 180 g/mol. The number of nitriles is 1. The van der Waals surface area contributed by atoms with Crippen LogP contribution >= 0.6 is 12.6 Å². The molecule has 3 heteroatoms. The Balaban J connectivity index is 3.83. The van der Waals surface area contributed by atoms with Crippen LogP contribution in [-0.2, 0) is 0 Å². The van der Waals surface area contributed by atoms with Crippen molar-refractivity contribution >= 4 is 12.6 Å². The van der Waals surface area contributed by atoms with Gasteiger partial charge < -0.3 is 4.90 Å². The van der Waals surface area contributed by atoms with Crippen LogP contribution in [0.3, 0.4) is 0 Å². The summed E-state index contributed by atoms with van der Waals surface area (Å²) in [4.78, 5) is 2.31. The zero-order valence-electron chi connectivity index (χ0n) is 8.82. The molecule has 0 amide bonds. The van der Waals surface area contributed by atoms with Gasteiger partial charge in [-0.2, -0.15) is 17.9 Å². The van der Waals surface area contributed by atoms with Crippen molar-refractivity contribution in [3.63, 3.8) is 0 Å². The highest BCUT2D eigenvalue weighted by Gasteiger charge is 2.10. The van der Waals surface area contributed by atoms with Gasteiger partial charge in [-0.3, -0.25) is 0 Å². The minimum Gasteiger partial charge on any atom is -0.302 e. The smallest absolute Gasteiger partial charge is 0.0666 e. The molecule has 0 aromatic carbocycles. The second-order valence-corrected chi connectivity index (χ2v) is 4.04. The minimum absolute atomic E-state index is 0.132. The number of hydrogen-bond donors (Lipinski definition) is 1.